The molecule has 0 aromatic rings. The maximum absolute atomic E-state index is 10.3. The van der Waals surface area contributed by atoms with Crippen molar-refractivity contribution in [2.75, 3.05) is 0 Å². The Bertz CT molecular complexity index is 250. The first-order chi connectivity index (χ1) is 5.78. The largest absolute Gasteiger partial charge is 1.00 e. The Morgan fingerprint density at radius 3 is 1.50 bits per heavy atom. The number of carboxylic acid groups (broad SMARTS) is 3. The molecule has 12 heteroatoms. The van der Waals surface area contributed by atoms with E-state index in [1.54, 1.807) is 0 Å². The summed E-state index contributed by atoms with van der Waals surface area (Å²) in [5, 5.41) is 35.5. The van der Waals surface area contributed by atoms with E-state index in [-0.39, 0.29) is 135 Å². The predicted molar refractivity (Wildman–Crippen MR) is 34.5 cm³/mol. The molecule has 0 bridgehead atoms. The molecule has 7 nitrogen and oxygen atoms in total. The fourth-order valence-corrected chi connectivity index (χ4v) is 0.703. The SMILES string of the molecule is O=C([O-])CC(O)(CC(=O)O)C(=O)O.[Cl-].[Cl-].[K+].[Na+].[Na+]. The molecule has 0 aromatic heterocycles. The van der Waals surface area contributed by atoms with Crippen LogP contribution >= 0.6 is 0 Å². The molecule has 3 N–H and O–H groups in total. The normalized spacial score (nSPS) is 10.5. The van der Waals surface area contributed by atoms with Crippen molar-refractivity contribution in [1.29, 1.82) is 0 Å². The first-order valence-corrected chi connectivity index (χ1v) is 3.15. The molecule has 0 aliphatic carbocycles. The molecular weight excluding hydrogens is 340 g/mol. The van der Waals surface area contributed by atoms with Crippen molar-refractivity contribution in [3.05, 3.63) is 0 Å². The Morgan fingerprint density at radius 2 is 1.33 bits per heavy atom. The molecule has 0 aliphatic rings. The summed E-state index contributed by atoms with van der Waals surface area (Å²) in [5.74, 6) is -5.34. The van der Waals surface area contributed by atoms with E-state index in [2.05, 4.69) is 0 Å². The van der Waals surface area contributed by atoms with Crippen molar-refractivity contribution >= 4 is 17.9 Å². The van der Waals surface area contributed by atoms with Crippen LogP contribution in [0.3, 0.4) is 0 Å². The molecule has 1 atom stereocenters. The third-order valence-corrected chi connectivity index (χ3v) is 1.28. The number of aliphatic carboxylic acids is 3. The molecule has 0 saturated carbocycles. The van der Waals surface area contributed by atoms with Gasteiger partial charge in [-0.1, -0.05) is 0 Å². The molecule has 90 valence electrons. The quantitative estimate of drug-likeness (QED) is 0.420. The number of carbonyl (C=O) groups excluding carboxylic acids is 1. The molecule has 0 fully saturated rings. The van der Waals surface area contributed by atoms with Gasteiger partial charge in [-0.25, -0.2) is 4.79 Å². The monoisotopic (exact) mass is 346 g/mol. The van der Waals surface area contributed by atoms with E-state index >= 15 is 0 Å². The van der Waals surface area contributed by atoms with Gasteiger partial charge in [0, 0.05) is 12.4 Å². The molecule has 0 aliphatic heterocycles. The van der Waals surface area contributed by atoms with E-state index in [1.165, 1.54) is 0 Å². The molecule has 0 aromatic carbocycles. The third-order valence-electron chi connectivity index (χ3n) is 1.28. The van der Waals surface area contributed by atoms with E-state index in [9.17, 15) is 19.5 Å². The smallest absolute Gasteiger partial charge is 1.00 e. The van der Waals surface area contributed by atoms with Gasteiger partial charge in [0.05, 0.1) is 6.42 Å². The average molecular weight is 347 g/mol. The van der Waals surface area contributed by atoms with Crippen LogP contribution in [0.25, 0.3) is 0 Å². The second-order valence-electron chi connectivity index (χ2n) is 2.46. The zero-order valence-electron chi connectivity index (χ0n) is 10.1. The molecule has 0 spiro atoms. The van der Waals surface area contributed by atoms with Crippen molar-refractivity contribution in [2.24, 2.45) is 0 Å². The number of halogens is 2. The van der Waals surface area contributed by atoms with Crippen molar-refractivity contribution < 1.29 is 170 Å². The van der Waals surface area contributed by atoms with E-state index < -0.39 is 36.4 Å². The minimum absolute atomic E-state index is 0. The maximum Gasteiger partial charge on any atom is 1.00 e. The Labute approximate surface area is 202 Å². The number of carbonyl (C=O) groups is 3. The summed E-state index contributed by atoms with van der Waals surface area (Å²) < 4.78 is 0. The number of rotatable bonds is 5. The molecular formula is C6H7Cl2KNa2O7. The molecule has 1 unspecified atom stereocenters. The maximum atomic E-state index is 10.3. The second kappa shape index (κ2) is 17.6. The summed E-state index contributed by atoms with van der Waals surface area (Å²) in [7, 11) is 0. The third kappa shape index (κ3) is 16.6. The van der Waals surface area contributed by atoms with Crippen molar-refractivity contribution in [2.45, 2.75) is 18.4 Å². The minimum Gasteiger partial charge on any atom is -1.00 e. The van der Waals surface area contributed by atoms with Gasteiger partial charge >= 0.3 is 122 Å². The van der Waals surface area contributed by atoms with Gasteiger partial charge in [0.1, 0.15) is 0 Å². The predicted octanol–water partition coefficient (Wildman–Crippen LogP) is -17.6. The topological polar surface area (TPSA) is 135 Å². The van der Waals surface area contributed by atoms with Crippen molar-refractivity contribution in [3.8, 4) is 0 Å². The zero-order valence-corrected chi connectivity index (χ0v) is 18.8. The summed E-state index contributed by atoms with van der Waals surface area (Å²) in [4.78, 5) is 30.3. The Balaban J connectivity index is -0.0000000720. The van der Waals surface area contributed by atoms with Crippen LogP contribution in [0, 0.1) is 0 Å². The van der Waals surface area contributed by atoms with Gasteiger partial charge in [-0.2, -0.15) is 0 Å². The molecule has 0 rings (SSSR count). The first-order valence-electron chi connectivity index (χ1n) is 3.15. The molecule has 0 radical (unpaired) electrons. The summed E-state index contributed by atoms with van der Waals surface area (Å²) in [6.07, 6.45) is -2.44. The zero-order chi connectivity index (χ0) is 10.6. The fraction of sp³-hybridized carbons (Fsp3) is 0.500. The Hall–Kier alpha value is 2.59. The van der Waals surface area contributed by atoms with Gasteiger partial charge in [0.25, 0.3) is 0 Å². The summed E-state index contributed by atoms with van der Waals surface area (Å²) in [5.41, 5.74) is -2.80. The van der Waals surface area contributed by atoms with E-state index in [0.29, 0.717) is 0 Å². The molecule has 0 amide bonds. The summed E-state index contributed by atoms with van der Waals surface area (Å²) in [6, 6.07) is 0. The molecule has 0 heterocycles. The van der Waals surface area contributed by atoms with Crippen LogP contribution in [-0.4, -0.2) is 38.8 Å². The summed E-state index contributed by atoms with van der Waals surface area (Å²) in [6.45, 7) is 0. The van der Waals surface area contributed by atoms with E-state index in [1.807, 2.05) is 0 Å². The van der Waals surface area contributed by atoms with Crippen LogP contribution in [-0.2, 0) is 14.4 Å². The van der Waals surface area contributed by atoms with Crippen LogP contribution in [0.5, 0.6) is 0 Å². The van der Waals surface area contributed by atoms with Crippen LogP contribution < -0.4 is 140 Å². The minimum atomic E-state index is -2.80. The van der Waals surface area contributed by atoms with Gasteiger partial charge in [-0.3, -0.25) is 4.79 Å². The Kier molecular flexibility index (Phi) is 36.4. The van der Waals surface area contributed by atoms with Crippen LogP contribution in [0.1, 0.15) is 12.8 Å². The molecule has 18 heavy (non-hydrogen) atoms. The van der Waals surface area contributed by atoms with Gasteiger partial charge in [0.2, 0.25) is 0 Å². The van der Waals surface area contributed by atoms with Gasteiger partial charge in [-0.05, 0) is 0 Å². The van der Waals surface area contributed by atoms with Crippen molar-refractivity contribution in [3.63, 3.8) is 0 Å². The van der Waals surface area contributed by atoms with Gasteiger partial charge in [0.15, 0.2) is 5.60 Å². The fourth-order valence-electron chi connectivity index (χ4n) is 0.703. The number of hydrogen-bond donors (Lipinski definition) is 3. The second-order valence-corrected chi connectivity index (χ2v) is 2.46. The van der Waals surface area contributed by atoms with Crippen LogP contribution in [0.4, 0.5) is 0 Å². The van der Waals surface area contributed by atoms with Gasteiger partial charge < -0.3 is 50.0 Å². The number of aliphatic hydroxyl groups is 1. The first kappa shape index (κ1) is 37.1. The summed E-state index contributed by atoms with van der Waals surface area (Å²) >= 11 is 0. The van der Waals surface area contributed by atoms with E-state index in [0.717, 1.165) is 0 Å². The van der Waals surface area contributed by atoms with Crippen molar-refractivity contribution in [1.82, 2.24) is 0 Å². The van der Waals surface area contributed by atoms with Crippen LogP contribution in [0.15, 0.2) is 0 Å². The molecule has 0 saturated heterocycles. The number of carboxylic acids is 3. The van der Waals surface area contributed by atoms with Gasteiger partial charge in [-0.15, -0.1) is 0 Å². The average Bonchev–Trinajstić information content (AvgIpc) is 1.82. The standard InChI is InChI=1S/C6H8O7.2ClH.K.2Na/c7-3(8)1-6(13,5(11)12)2-4(9)10;;;;;/h13H,1-2H2,(H,7,8)(H,9,10)(H,11,12);2*1H;;;/q;;;3*+1/p-3. The van der Waals surface area contributed by atoms with E-state index in [4.69, 9.17) is 15.3 Å². The number of hydrogen-bond acceptors (Lipinski definition) is 5. The van der Waals surface area contributed by atoms with Crippen LogP contribution in [0.2, 0.25) is 0 Å². The Morgan fingerprint density at radius 1 is 1.00 bits per heavy atom.